The molecule has 22 heteroatoms. The van der Waals surface area contributed by atoms with Crippen molar-refractivity contribution in [2.24, 2.45) is 22.8 Å². The Morgan fingerprint density at radius 3 is 2.03 bits per heavy atom. The van der Waals surface area contributed by atoms with E-state index in [-0.39, 0.29) is 68.3 Å². The number of Topliss-reactive ketones (excluding diaryl/α,β-unsaturated/α-hetero) is 1. The molecule has 0 radical (unpaired) electrons. The largest absolute Gasteiger partial charge is 0.480 e. The number of aliphatic carboxylic acids is 2. The highest BCUT2D eigenvalue weighted by atomic mass is 32.2. The number of nitrogens with one attached hydrogen (secondary N) is 5. The fraction of sp³-hybridized carbons (Fsp3) is 0.617. The summed E-state index contributed by atoms with van der Waals surface area (Å²) in [7, 11) is 3.26. The number of imide groups is 1. The summed E-state index contributed by atoms with van der Waals surface area (Å²) in [5, 5.41) is 31.6. The number of thioether (sulfide) groups is 1. The minimum Gasteiger partial charge on any atom is -0.480 e. The van der Waals surface area contributed by atoms with Crippen LogP contribution in [0.25, 0.3) is 0 Å². The van der Waals surface area contributed by atoms with Crippen molar-refractivity contribution in [3.05, 3.63) is 47.5 Å². The van der Waals surface area contributed by atoms with E-state index in [1.807, 2.05) is 78.8 Å². The van der Waals surface area contributed by atoms with Crippen LogP contribution in [0.1, 0.15) is 93.1 Å². The maximum Gasteiger partial charge on any atom is 0.326 e. The number of carbonyl (C=O) groups excluding carboxylic acids is 8. The second-order valence-corrected chi connectivity index (χ2v) is 20.3. The van der Waals surface area contributed by atoms with E-state index in [1.165, 1.54) is 11.8 Å². The highest BCUT2D eigenvalue weighted by Crippen LogP contribution is 2.30. The van der Waals surface area contributed by atoms with Crippen molar-refractivity contribution >= 4 is 70.8 Å². The van der Waals surface area contributed by atoms with Gasteiger partial charge in [-0.25, -0.2) is 4.79 Å². The summed E-state index contributed by atoms with van der Waals surface area (Å²) < 4.78 is 0. The number of hydrogen-bond acceptors (Lipinski definition) is 14. The van der Waals surface area contributed by atoms with Crippen LogP contribution in [0.15, 0.2) is 42.0 Å². The maximum absolute atomic E-state index is 14.3. The number of nitrogens with two attached hydrogens (primary N) is 2. The molecule has 11 N–H and O–H groups in total. The van der Waals surface area contributed by atoms with Crippen molar-refractivity contribution in [3.8, 4) is 0 Å². The van der Waals surface area contributed by atoms with Crippen LogP contribution in [0.2, 0.25) is 0 Å². The first-order valence-electron chi connectivity index (χ1n) is 22.8. The molecule has 1 aromatic carbocycles. The van der Waals surface area contributed by atoms with Crippen molar-refractivity contribution in [3.63, 3.8) is 0 Å². The number of hydrogen-bond donors (Lipinski definition) is 9. The Morgan fingerprint density at radius 1 is 0.884 bits per heavy atom. The molecule has 1 aliphatic rings. The van der Waals surface area contributed by atoms with E-state index in [0.29, 0.717) is 0 Å². The van der Waals surface area contributed by atoms with Crippen LogP contribution in [0.4, 0.5) is 0 Å². The van der Waals surface area contributed by atoms with Crippen LogP contribution >= 0.6 is 11.8 Å². The Hall–Kier alpha value is -5.71. The van der Waals surface area contributed by atoms with Gasteiger partial charge in [0.05, 0.1) is 29.9 Å². The number of carboxylic acid groups (broad SMARTS) is 2. The lowest BCUT2D eigenvalue weighted by molar-refractivity contribution is -0.142. The zero-order chi connectivity index (χ0) is 52.6. The van der Waals surface area contributed by atoms with E-state index < -0.39 is 112 Å². The summed E-state index contributed by atoms with van der Waals surface area (Å²) in [6.45, 7) is 13.8. The summed E-state index contributed by atoms with van der Waals surface area (Å²) in [6, 6.07) is 3.37. The molecule has 1 unspecified atom stereocenters. The molecule has 0 spiro atoms. The number of likely N-dealkylation sites (N-methyl/N-ethyl adjacent to an activating group) is 2. The maximum atomic E-state index is 14.3. The third-order valence-corrected chi connectivity index (χ3v) is 13.3. The number of likely N-dealkylation sites (tertiary alicyclic amines) is 1. The molecule has 0 saturated carbocycles. The van der Waals surface area contributed by atoms with Crippen molar-refractivity contribution in [1.82, 2.24) is 36.4 Å². The van der Waals surface area contributed by atoms with E-state index in [9.17, 15) is 53.1 Å². The predicted octanol–water partition coefficient (Wildman–Crippen LogP) is 0.0436. The molecule has 7 atom stereocenters. The molecular weight excluding hydrogens is 915 g/mol. The Balaban J connectivity index is 2.02. The fourth-order valence-corrected chi connectivity index (χ4v) is 8.85. The first kappa shape index (κ1) is 59.4. The van der Waals surface area contributed by atoms with E-state index >= 15 is 0 Å². The number of carbonyl (C=O) groups is 10. The predicted molar refractivity (Wildman–Crippen MR) is 259 cm³/mol. The summed E-state index contributed by atoms with van der Waals surface area (Å²) in [5.74, 6) is -7.42. The Morgan fingerprint density at radius 2 is 1.49 bits per heavy atom. The van der Waals surface area contributed by atoms with Crippen LogP contribution in [0.3, 0.4) is 0 Å². The van der Waals surface area contributed by atoms with Gasteiger partial charge in [0.15, 0.2) is 5.78 Å². The number of carboxylic acids is 2. The lowest BCUT2D eigenvalue weighted by Gasteiger charge is -2.40. The van der Waals surface area contributed by atoms with Gasteiger partial charge in [0.25, 0.3) is 0 Å². The number of amides is 7. The molecule has 0 aromatic heterocycles. The van der Waals surface area contributed by atoms with E-state index in [1.54, 1.807) is 20.2 Å². The van der Waals surface area contributed by atoms with Gasteiger partial charge in [-0.2, -0.15) is 0 Å². The topological polar surface area (TPSA) is 330 Å². The van der Waals surface area contributed by atoms with Crippen molar-refractivity contribution in [1.29, 1.82) is 0 Å². The number of rotatable bonds is 28. The lowest BCUT2D eigenvalue weighted by Crippen LogP contribution is -2.61. The van der Waals surface area contributed by atoms with E-state index in [2.05, 4.69) is 26.6 Å². The van der Waals surface area contributed by atoms with Gasteiger partial charge in [-0.15, -0.1) is 11.8 Å². The highest BCUT2D eigenvalue weighted by molar-refractivity contribution is 8.00. The summed E-state index contributed by atoms with van der Waals surface area (Å²) in [6.07, 6.45) is 0.265. The second-order valence-electron chi connectivity index (χ2n) is 19.1. The average Bonchev–Trinajstić information content (AvgIpc) is 3.55. The molecule has 1 fully saturated rings. The van der Waals surface area contributed by atoms with Crippen molar-refractivity contribution < 1.29 is 58.2 Å². The van der Waals surface area contributed by atoms with Crippen molar-refractivity contribution in [2.45, 2.75) is 134 Å². The molecule has 1 saturated heterocycles. The normalized spacial score (nSPS) is 17.0. The Kier molecular flexibility index (Phi) is 23.2. The number of benzene rings is 1. The summed E-state index contributed by atoms with van der Waals surface area (Å²) in [4.78, 5) is 131. The summed E-state index contributed by atoms with van der Waals surface area (Å²) in [5.41, 5.74) is 10.6. The molecule has 384 valence electrons. The van der Waals surface area contributed by atoms with Gasteiger partial charge < -0.3 is 53.2 Å². The molecule has 0 bridgehead atoms. The quantitative estimate of drug-likeness (QED) is 0.0396. The molecule has 69 heavy (non-hydrogen) atoms. The third-order valence-electron chi connectivity index (χ3n) is 12.0. The van der Waals surface area contributed by atoms with E-state index in [4.69, 9.17) is 16.6 Å². The molecule has 0 aliphatic carbocycles. The lowest BCUT2D eigenvalue weighted by atomic mass is 9.76. The summed E-state index contributed by atoms with van der Waals surface area (Å²) >= 11 is 0.959. The van der Waals surface area contributed by atoms with Gasteiger partial charge in [-0.3, -0.25) is 48.1 Å². The first-order chi connectivity index (χ1) is 32.1. The van der Waals surface area contributed by atoms with Gasteiger partial charge in [0, 0.05) is 56.1 Å². The molecule has 1 aliphatic heterocycles. The molecule has 1 aromatic rings. The SMILES string of the molecule is CN[C@H](C(=O)N[C@H](C(=O)N(C)[C@H](/C=C(\C)C(=O)N[C@H](CCC(=O)NCCN1C(=O)CC(SC[C@H](NC(=O)CC[C@H](N)C(=O)O)C(=O)CN)C1=O)C(=O)O)C(C)C)C(C)(C)C)C(C)(C)c1ccccc1. The standard InChI is InChI=1S/C47H73N9O12S/c1-26(2)32(55(10)43(64)39(46(4,5)6)54-41(62)38(50-9)47(7,8)28-14-12-11-13-15-28)22-27(3)40(61)53-30(45(67)68)17-19-35(58)51-20-21-56-37(60)23-34(42(56)63)69-25-31(33(57)24-48)52-36(59)18-16-29(49)44(65)66/h11-15,22,26,29-32,34,38-39,50H,16-21,23-25,48-49H2,1-10H3,(H,51,58)(H,52,59)(H,53,61)(H,54,62)(H,65,66)(H,67,68)/b27-22+/t29-,30+,31-,32+,34?,38+,39+/m0/s1. The van der Waals surface area contributed by atoms with Crippen LogP contribution in [-0.2, 0) is 53.4 Å². The molecule has 7 amide bonds. The Labute approximate surface area is 408 Å². The fourth-order valence-electron chi connectivity index (χ4n) is 7.63. The van der Waals surface area contributed by atoms with Gasteiger partial charge >= 0.3 is 11.9 Å². The smallest absolute Gasteiger partial charge is 0.326 e. The third kappa shape index (κ3) is 17.6. The monoisotopic (exact) mass is 988 g/mol. The zero-order valence-electron chi connectivity index (χ0n) is 41.4. The van der Waals surface area contributed by atoms with Gasteiger partial charge in [-0.1, -0.05) is 84.9 Å². The van der Waals surface area contributed by atoms with Crippen LogP contribution in [0, 0.1) is 11.3 Å². The Bertz CT molecular complexity index is 2060. The highest BCUT2D eigenvalue weighted by Gasteiger charge is 2.42. The minimum atomic E-state index is -1.48. The van der Waals surface area contributed by atoms with Gasteiger partial charge in [0.2, 0.25) is 41.4 Å². The zero-order valence-corrected chi connectivity index (χ0v) is 42.2. The molecule has 1 heterocycles. The molecular formula is C47H73N9O12S. The van der Waals surface area contributed by atoms with Crippen LogP contribution in [0.5, 0.6) is 0 Å². The molecule has 21 nitrogen and oxygen atoms in total. The number of nitrogens with zero attached hydrogens (tertiary/aromatic N) is 2. The average molecular weight is 988 g/mol. The number of ketones is 1. The van der Waals surface area contributed by atoms with Crippen LogP contribution in [-0.4, -0.2) is 160 Å². The van der Waals surface area contributed by atoms with Crippen LogP contribution < -0.4 is 38.1 Å². The minimum absolute atomic E-state index is 0.0990. The van der Waals surface area contributed by atoms with Gasteiger partial charge in [-0.05, 0) is 43.7 Å². The molecule has 2 rings (SSSR count). The van der Waals surface area contributed by atoms with Crippen molar-refractivity contribution in [2.75, 3.05) is 39.5 Å². The second kappa shape index (κ2) is 26.9. The van der Waals surface area contributed by atoms with E-state index in [0.717, 1.165) is 22.2 Å². The first-order valence-corrected chi connectivity index (χ1v) is 23.9. The van der Waals surface area contributed by atoms with Gasteiger partial charge in [0.1, 0.15) is 18.1 Å².